The second-order valence-electron chi connectivity index (χ2n) is 4.84. The number of esters is 1. The van der Waals surface area contributed by atoms with Crippen molar-refractivity contribution in [1.29, 1.82) is 0 Å². The number of ether oxygens (including phenoxy) is 1. The predicted molar refractivity (Wildman–Crippen MR) is 72.7 cm³/mol. The lowest BCUT2D eigenvalue weighted by Gasteiger charge is -2.06. The van der Waals surface area contributed by atoms with Crippen LogP contribution in [0.4, 0.5) is 5.69 Å². The second kappa shape index (κ2) is 5.75. The molecule has 0 saturated heterocycles. The fourth-order valence-electron chi connectivity index (χ4n) is 2.33. The van der Waals surface area contributed by atoms with E-state index in [9.17, 15) is 14.9 Å². The third-order valence-electron chi connectivity index (χ3n) is 3.47. The molecule has 0 radical (unpaired) electrons. The van der Waals surface area contributed by atoms with Crippen molar-refractivity contribution < 1.29 is 14.5 Å². The first kappa shape index (κ1) is 14.7. The monoisotopic (exact) mass is 298 g/mol. The molecule has 0 amide bonds. The molecule has 0 aliphatic heterocycles. The third-order valence-corrected chi connectivity index (χ3v) is 3.95. The van der Waals surface area contributed by atoms with Crippen LogP contribution in [0.2, 0.25) is 5.02 Å². The molecule has 7 heteroatoms. The van der Waals surface area contributed by atoms with Crippen LogP contribution in [0.3, 0.4) is 0 Å². The number of rotatable bonds is 5. The molecule has 108 valence electrons. The first-order valence-electron chi connectivity index (χ1n) is 6.40. The fraction of sp³-hybridized carbons (Fsp3) is 0.538. The van der Waals surface area contributed by atoms with E-state index < -0.39 is 4.92 Å². The average molecular weight is 299 g/mol. The van der Waals surface area contributed by atoms with Crippen LogP contribution in [0.15, 0.2) is 6.20 Å². The highest BCUT2D eigenvalue weighted by molar-refractivity contribution is 6.33. The summed E-state index contributed by atoms with van der Waals surface area (Å²) in [6.07, 6.45) is 2.37. The molecule has 2 unspecified atom stereocenters. The molecule has 0 N–H and O–H groups in total. The molecule has 0 bridgehead atoms. The summed E-state index contributed by atoms with van der Waals surface area (Å²) < 4.78 is 4.91. The highest BCUT2D eigenvalue weighted by Gasteiger charge is 2.42. The highest BCUT2D eigenvalue weighted by Crippen LogP contribution is 2.51. The van der Waals surface area contributed by atoms with Gasteiger partial charge in [-0.05, 0) is 31.7 Å². The Kier molecular flexibility index (Phi) is 4.23. The maximum Gasteiger partial charge on any atom is 0.306 e. The summed E-state index contributed by atoms with van der Waals surface area (Å²) in [7, 11) is 0. The quantitative estimate of drug-likeness (QED) is 0.474. The highest BCUT2D eigenvalue weighted by atomic mass is 35.5. The van der Waals surface area contributed by atoms with Crippen molar-refractivity contribution >= 4 is 23.3 Å². The van der Waals surface area contributed by atoms with E-state index in [0.717, 1.165) is 12.1 Å². The smallest absolute Gasteiger partial charge is 0.306 e. The zero-order valence-corrected chi connectivity index (χ0v) is 12.0. The summed E-state index contributed by atoms with van der Waals surface area (Å²) >= 11 is 6.00. The molecule has 0 spiro atoms. The van der Waals surface area contributed by atoms with Gasteiger partial charge in [0.15, 0.2) is 0 Å². The van der Waals surface area contributed by atoms with Gasteiger partial charge in [-0.2, -0.15) is 0 Å². The molecular weight excluding hydrogens is 284 g/mol. The fourth-order valence-corrected chi connectivity index (χ4v) is 2.55. The number of carbonyl (C=O) groups is 1. The summed E-state index contributed by atoms with van der Waals surface area (Å²) in [6.45, 7) is 3.86. The topological polar surface area (TPSA) is 82.3 Å². The van der Waals surface area contributed by atoms with Gasteiger partial charge in [-0.1, -0.05) is 11.6 Å². The van der Waals surface area contributed by atoms with E-state index in [2.05, 4.69) is 4.98 Å². The van der Waals surface area contributed by atoms with E-state index in [1.54, 1.807) is 13.8 Å². The van der Waals surface area contributed by atoms with Crippen molar-refractivity contribution in [3.63, 3.8) is 0 Å². The van der Waals surface area contributed by atoms with Gasteiger partial charge in [0.05, 0.1) is 11.5 Å². The third kappa shape index (κ3) is 2.90. The first-order valence-corrected chi connectivity index (χ1v) is 6.78. The normalized spacial score (nSPS) is 20.6. The van der Waals surface area contributed by atoms with E-state index in [-0.39, 0.29) is 28.5 Å². The molecule has 1 saturated carbocycles. The molecule has 2 atom stereocenters. The van der Waals surface area contributed by atoms with Gasteiger partial charge in [0.2, 0.25) is 0 Å². The number of halogens is 1. The van der Waals surface area contributed by atoms with Crippen LogP contribution < -0.4 is 0 Å². The summed E-state index contributed by atoms with van der Waals surface area (Å²) in [5, 5.41) is 10.9. The Morgan fingerprint density at radius 1 is 1.65 bits per heavy atom. The molecule has 1 fully saturated rings. The molecule has 0 aromatic carbocycles. The van der Waals surface area contributed by atoms with E-state index in [0.29, 0.717) is 18.6 Å². The Balaban J connectivity index is 2.11. The zero-order valence-electron chi connectivity index (χ0n) is 11.3. The van der Waals surface area contributed by atoms with Crippen LogP contribution in [-0.4, -0.2) is 22.5 Å². The van der Waals surface area contributed by atoms with Crippen molar-refractivity contribution in [2.75, 3.05) is 6.61 Å². The lowest BCUT2D eigenvalue weighted by Crippen LogP contribution is -2.05. The lowest BCUT2D eigenvalue weighted by molar-refractivity contribution is -0.385. The van der Waals surface area contributed by atoms with Gasteiger partial charge in [0, 0.05) is 18.0 Å². The Bertz CT molecular complexity index is 562. The number of hydrogen-bond acceptors (Lipinski definition) is 5. The molecule has 1 aromatic heterocycles. The molecule has 20 heavy (non-hydrogen) atoms. The molecule has 6 nitrogen and oxygen atoms in total. The molecule has 1 aromatic rings. The molecule has 2 rings (SSSR count). The van der Waals surface area contributed by atoms with Crippen LogP contribution in [0.1, 0.15) is 36.9 Å². The van der Waals surface area contributed by atoms with Crippen LogP contribution in [0.5, 0.6) is 0 Å². The minimum atomic E-state index is -0.547. The molecule has 1 aliphatic carbocycles. The van der Waals surface area contributed by atoms with Crippen molar-refractivity contribution in [3.8, 4) is 0 Å². The van der Waals surface area contributed by atoms with Gasteiger partial charge in [-0.3, -0.25) is 19.9 Å². The van der Waals surface area contributed by atoms with E-state index >= 15 is 0 Å². The Morgan fingerprint density at radius 3 is 2.95 bits per heavy atom. The summed E-state index contributed by atoms with van der Waals surface area (Å²) in [5.41, 5.74) is 1.18. The Labute approximate surface area is 121 Å². The maximum absolute atomic E-state index is 11.4. The summed E-state index contributed by atoms with van der Waals surface area (Å²) in [6, 6.07) is 0. The number of nitrogens with zero attached hydrogens (tertiary/aromatic N) is 2. The van der Waals surface area contributed by atoms with Crippen molar-refractivity contribution in [2.45, 2.75) is 32.6 Å². The SMILES string of the molecule is CCOC(=O)CC1CC1c1ncc([N+](=O)[O-])c(Cl)c1C. The number of aromatic nitrogens is 1. The van der Waals surface area contributed by atoms with Gasteiger partial charge in [0.1, 0.15) is 11.2 Å². The van der Waals surface area contributed by atoms with Gasteiger partial charge in [-0.15, -0.1) is 0 Å². The van der Waals surface area contributed by atoms with Crippen molar-refractivity contribution in [3.05, 3.63) is 32.6 Å². The second-order valence-corrected chi connectivity index (χ2v) is 5.21. The number of carbonyl (C=O) groups excluding carboxylic acids is 1. The molecule has 1 aliphatic rings. The standard InChI is InChI=1S/C13H15ClN2O4/c1-3-20-11(17)5-8-4-9(8)13-7(2)12(14)10(6-15-13)16(18)19/h6,8-9H,3-5H2,1-2H3. The number of nitro groups is 1. The van der Waals surface area contributed by atoms with E-state index in [1.807, 2.05) is 0 Å². The minimum absolute atomic E-state index is 0.127. The molecular formula is C13H15ClN2O4. The largest absolute Gasteiger partial charge is 0.466 e. The zero-order chi connectivity index (χ0) is 14.9. The van der Waals surface area contributed by atoms with Crippen LogP contribution in [0, 0.1) is 23.0 Å². The average Bonchev–Trinajstić information content (AvgIpc) is 3.11. The van der Waals surface area contributed by atoms with Gasteiger partial charge in [-0.25, -0.2) is 0 Å². The Morgan fingerprint density at radius 2 is 2.35 bits per heavy atom. The van der Waals surface area contributed by atoms with Crippen LogP contribution >= 0.6 is 11.6 Å². The number of pyridine rings is 1. The van der Waals surface area contributed by atoms with Gasteiger partial charge in [0.25, 0.3) is 0 Å². The first-order chi connectivity index (χ1) is 9.45. The summed E-state index contributed by atoms with van der Waals surface area (Å²) in [5.74, 6) is 0.112. The lowest BCUT2D eigenvalue weighted by atomic mass is 10.1. The van der Waals surface area contributed by atoms with Gasteiger partial charge < -0.3 is 4.74 Å². The van der Waals surface area contributed by atoms with Crippen molar-refractivity contribution in [1.82, 2.24) is 4.98 Å². The number of hydrogen-bond donors (Lipinski definition) is 0. The van der Waals surface area contributed by atoms with Gasteiger partial charge >= 0.3 is 11.7 Å². The maximum atomic E-state index is 11.4. The van der Waals surface area contributed by atoms with E-state index in [1.165, 1.54) is 6.20 Å². The van der Waals surface area contributed by atoms with Crippen molar-refractivity contribution in [2.24, 2.45) is 5.92 Å². The Hall–Kier alpha value is -1.69. The minimum Gasteiger partial charge on any atom is -0.466 e. The van der Waals surface area contributed by atoms with E-state index in [4.69, 9.17) is 16.3 Å². The summed E-state index contributed by atoms with van der Waals surface area (Å²) in [4.78, 5) is 25.8. The van der Waals surface area contributed by atoms with Crippen LogP contribution in [0.25, 0.3) is 0 Å². The van der Waals surface area contributed by atoms with Crippen LogP contribution in [-0.2, 0) is 9.53 Å². The molecule has 1 heterocycles. The predicted octanol–water partition coefficient (Wildman–Crippen LogP) is 3.01.